The molecule has 4 nitrogen and oxygen atoms in total. The van der Waals surface area contributed by atoms with Gasteiger partial charge in [0.1, 0.15) is 4.90 Å². The van der Waals surface area contributed by atoms with Crippen molar-refractivity contribution in [2.24, 2.45) is 0 Å². The van der Waals surface area contributed by atoms with Crippen LogP contribution in [0.25, 0.3) is 0 Å². The van der Waals surface area contributed by atoms with Crippen molar-refractivity contribution in [3.63, 3.8) is 0 Å². The molecule has 0 fully saturated rings. The predicted octanol–water partition coefficient (Wildman–Crippen LogP) is 2.56. The van der Waals surface area contributed by atoms with Gasteiger partial charge >= 0.3 is 0 Å². The molecule has 0 saturated heterocycles. The molecule has 0 amide bonds. The summed E-state index contributed by atoms with van der Waals surface area (Å²) < 4.78 is 27.8. The first kappa shape index (κ1) is 16.2. The molecule has 0 radical (unpaired) electrons. The van der Waals surface area contributed by atoms with E-state index in [0.29, 0.717) is 18.0 Å². The van der Waals surface area contributed by atoms with Gasteiger partial charge in [0.15, 0.2) is 0 Å². The van der Waals surface area contributed by atoms with Gasteiger partial charge in [-0.3, -0.25) is 0 Å². The third kappa shape index (κ3) is 3.91. The van der Waals surface area contributed by atoms with Gasteiger partial charge in [-0.2, -0.15) is 0 Å². The highest BCUT2D eigenvalue weighted by Gasteiger charge is 2.22. The van der Waals surface area contributed by atoms with Gasteiger partial charge in [-0.15, -0.1) is 11.3 Å². The molecule has 2 aromatic rings. The lowest BCUT2D eigenvalue weighted by molar-refractivity contribution is 0.579. The number of rotatable bonds is 6. The van der Waals surface area contributed by atoms with Crippen LogP contribution in [0.15, 0.2) is 34.5 Å². The number of thiophene rings is 1. The summed E-state index contributed by atoms with van der Waals surface area (Å²) in [6, 6.07) is 7.83. The molecule has 0 spiro atoms. The fraction of sp³-hybridized carbons (Fsp3) is 0.333. The molecule has 6 heteroatoms. The van der Waals surface area contributed by atoms with Gasteiger partial charge in [-0.25, -0.2) is 13.1 Å². The van der Waals surface area contributed by atoms with Gasteiger partial charge in [-0.05, 0) is 37.4 Å². The van der Waals surface area contributed by atoms with Crippen LogP contribution < -0.4 is 10.0 Å². The minimum Gasteiger partial charge on any atom is -0.315 e. The minimum atomic E-state index is -3.49. The Hall–Kier alpha value is -1.21. The lowest BCUT2D eigenvalue weighted by Crippen LogP contribution is -2.25. The van der Waals surface area contributed by atoms with E-state index in [4.69, 9.17) is 0 Å². The first-order valence-electron chi connectivity index (χ1n) is 6.71. The Morgan fingerprint density at radius 3 is 2.62 bits per heavy atom. The summed E-state index contributed by atoms with van der Waals surface area (Å²) in [7, 11) is -1.68. The Labute approximate surface area is 130 Å². The minimum absolute atomic E-state index is 0.304. The van der Waals surface area contributed by atoms with E-state index in [-0.39, 0.29) is 0 Å². The molecule has 1 heterocycles. The van der Waals surface area contributed by atoms with E-state index >= 15 is 0 Å². The molecule has 0 saturated carbocycles. The molecule has 0 unspecified atom stereocenters. The van der Waals surface area contributed by atoms with E-state index < -0.39 is 10.0 Å². The monoisotopic (exact) mass is 324 g/mol. The predicted molar refractivity (Wildman–Crippen MR) is 87.0 cm³/mol. The summed E-state index contributed by atoms with van der Waals surface area (Å²) in [5.74, 6) is 0. The summed E-state index contributed by atoms with van der Waals surface area (Å²) in [4.78, 5) is 1.25. The maximum atomic E-state index is 12.5. The second kappa shape index (κ2) is 6.70. The highest BCUT2D eigenvalue weighted by Crippen LogP contribution is 2.26. The zero-order chi connectivity index (χ0) is 15.5. The fourth-order valence-electron chi connectivity index (χ4n) is 2.20. The standard InChI is InChI=1S/C15H20N2O2S2/c1-11-5-4-6-13(7-11)8-17-21(18,19)15-12(2)10-20-14(15)9-16-3/h4-7,10,16-17H,8-9H2,1-3H3. The summed E-state index contributed by atoms with van der Waals surface area (Å²) in [6.45, 7) is 4.68. The Kier molecular flexibility index (Phi) is 5.16. The number of aryl methyl sites for hydroxylation is 2. The molecule has 0 atom stereocenters. The van der Waals surface area contributed by atoms with Crippen LogP contribution in [0.1, 0.15) is 21.6 Å². The molecule has 0 aliphatic rings. The molecule has 1 aromatic carbocycles. The molecule has 0 aliphatic carbocycles. The van der Waals surface area contributed by atoms with Gasteiger partial charge in [0, 0.05) is 18.0 Å². The zero-order valence-electron chi connectivity index (χ0n) is 12.4. The van der Waals surface area contributed by atoms with Gasteiger partial charge < -0.3 is 5.32 Å². The normalized spacial score (nSPS) is 11.8. The Morgan fingerprint density at radius 1 is 1.19 bits per heavy atom. The van der Waals surface area contributed by atoms with Crippen molar-refractivity contribution >= 4 is 21.4 Å². The van der Waals surface area contributed by atoms with E-state index in [1.165, 1.54) is 11.3 Å². The van der Waals surface area contributed by atoms with E-state index in [2.05, 4.69) is 10.0 Å². The SMILES string of the molecule is CNCc1scc(C)c1S(=O)(=O)NCc1cccc(C)c1. The molecular weight excluding hydrogens is 304 g/mol. The molecule has 21 heavy (non-hydrogen) atoms. The van der Waals surface area contributed by atoms with E-state index in [1.54, 1.807) is 0 Å². The average Bonchev–Trinajstić information content (AvgIpc) is 2.79. The lowest BCUT2D eigenvalue weighted by atomic mass is 10.1. The smallest absolute Gasteiger partial charge is 0.242 e. The first-order chi connectivity index (χ1) is 9.94. The van der Waals surface area contributed by atoms with Gasteiger partial charge in [0.2, 0.25) is 10.0 Å². The molecule has 1 aromatic heterocycles. The Balaban J connectivity index is 2.21. The van der Waals surface area contributed by atoms with Gasteiger partial charge in [0.05, 0.1) is 0 Å². The highest BCUT2D eigenvalue weighted by atomic mass is 32.2. The van der Waals surface area contributed by atoms with Crippen LogP contribution in [0.2, 0.25) is 0 Å². The summed E-state index contributed by atoms with van der Waals surface area (Å²) >= 11 is 1.47. The molecule has 2 N–H and O–H groups in total. The third-order valence-electron chi connectivity index (χ3n) is 3.14. The van der Waals surface area contributed by atoms with E-state index in [1.807, 2.05) is 50.5 Å². The van der Waals surface area contributed by atoms with Crippen LogP contribution in [0.4, 0.5) is 0 Å². The number of benzene rings is 1. The number of sulfonamides is 1. The third-order valence-corrected chi connectivity index (χ3v) is 6.01. The van der Waals surface area contributed by atoms with Crippen molar-refractivity contribution < 1.29 is 8.42 Å². The summed E-state index contributed by atoms with van der Waals surface area (Å²) in [5, 5.41) is 4.89. The first-order valence-corrected chi connectivity index (χ1v) is 9.07. The van der Waals surface area contributed by atoms with Crippen LogP contribution in [-0.2, 0) is 23.1 Å². The maximum Gasteiger partial charge on any atom is 0.242 e. The number of hydrogen-bond acceptors (Lipinski definition) is 4. The quantitative estimate of drug-likeness (QED) is 0.858. The van der Waals surface area contributed by atoms with E-state index in [0.717, 1.165) is 21.6 Å². The van der Waals surface area contributed by atoms with Gasteiger partial charge in [-0.1, -0.05) is 29.8 Å². The van der Waals surface area contributed by atoms with Crippen LogP contribution in [0.5, 0.6) is 0 Å². The van der Waals surface area contributed by atoms with Crippen molar-refractivity contribution in [3.8, 4) is 0 Å². The number of nitrogens with one attached hydrogen (secondary N) is 2. The summed E-state index contributed by atoms with van der Waals surface area (Å²) in [5.41, 5.74) is 2.87. The maximum absolute atomic E-state index is 12.5. The Morgan fingerprint density at radius 2 is 1.95 bits per heavy atom. The van der Waals surface area contributed by atoms with Crippen molar-refractivity contribution in [3.05, 3.63) is 51.2 Å². The topological polar surface area (TPSA) is 58.2 Å². The lowest BCUT2D eigenvalue weighted by Gasteiger charge is -2.09. The molecule has 114 valence electrons. The van der Waals surface area contributed by atoms with Crippen LogP contribution in [0, 0.1) is 13.8 Å². The Bertz CT molecular complexity index is 721. The molecular formula is C15H20N2O2S2. The molecule has 0 aliphatic heterocycles. The number of hydrogen-bond donors (Lipinski definition) is 2. The molecule has 0 bridgehead atoms. The second-order valence-electron chi connectivity index (χ2n) is 5.01. The summed E-state index contributed by atoms with van der Waals surface area (Å²) in [6.07, 6.45) is 0. The zero-order valence-corrected chi connectivity index (χ0v) is 14.1. The van der Waals surface area contributed by atoms with Crippen molar-refractivity contribution in [2.45, 2.75) is 31.8 Å². The second-order valence-corrected chi connectivity index (χ2v) is 7.68. The molecule has 2 rings (SSSR count). The van der Waals surface area contributed by atoms with Crippen LogP contribution >= 0.6 is 11.3 Å². The largest absolute Gasteiger partial charge is 0.315 e. The average molecular weight is 324 g/mol. The van der Waals surface area contributed by atoms with Gasteiger partial charge in [0.25, 0.3) is 0 Å². The van der Waals surface area contributed by atoms with Crippen molar-refractivity contribution in [1.82, 2.24) is 10.0 Å². The van der Waals surface area contributed by atoms with Crippen molar-refractivity contribution in [1.29, 1.82) is 0 Å². The van der Waals surface area contributed by atoms with Crippen molar-refractivity contribution in [2.75, 3.05) is 7.05 Å². The van der Waals surface area contributed by atoms with Crippen LogP contribution in [-0.4, -0.2) is 15.5 Å². The van der Waals surface area contributed by atoms with Crippen LogP contribution in [0.3, 0.4) is 0 Å². The van der Waals surface area contributed by atoms with E-state index in [9.17, 15) is 8.42 Å². The highest BCUT2D eigenvalue weighted by molar-refractivity contribution is 7.89. The fourth-order valence-corrected chi connectivity index (χ4v) is 5.04.